The minimum Gasteiger partial charge on any atom is -0.531 e. The van der Waals surface area contributed by atoms with E-state index in [1.54, 1.807) is 0 Å². The maximum absolute atomic E-state index is 7.04. The zero-order valence-electron chi connectivity index (χ0n) is 19.6. The number of rotatable bonds is 11. The van der Waals surface area contributed by atoms with Gasteiger partial charge in [-0.05, 0) is 59.5 Å². The zero-order chi connectivity index (χ0) is 23.5. The summed E-state index contributed by atoms with van der Waals surface area (Å²) in [6.45, 7) is 4.06. The SMILES string of the molecule is C=CC/C(=C\[Si](Oc1ccccc1)(c1ccccc1)c1ccccc1)CCCc1ccccc1. The van der Waals surface area contributed by atoms with Gasteiger partial charge in [0.2, 0.25) is 0 Å². The molecule has 0 amide bonds. The summed E-state index contributed by atoms with van der Waals surface area (Å²) < 4.78 is 7.04. The molecule has 0 saturated heterocycles. The van der Waals surface area contributed by atoms with E-state index in [0.29, 0.717) is 0 Å². The van der Waals surface area contributed by atoms with E-state index in [9.17, 15) is 0 Å². The molecule has 0 aliphatic carbocycles. The predicted octanol–water partition coefficient (Wildman–Crippen LogP) is 6.89. The highest BCUT2D eigenvalue weighted by molar-refractivity contribution is 7.01. The molecule has 1 nitrogen and oxygen atoms in total. The molecule has 4 rings (SSSR count). The van der Waals surface area contributed by atoms with Crippen LogP contribution in [-0.2, 0) is 6.42 Å². The number of hydrogen-bond donors (Lipinski definition) is 0. The van der Waals surface area contributed by atoms with Crippen molar-refractivity contribution in [3.8, 4) is 5.75 Å². The lowest BCUT2D eigenvalue weighted by Gasteiger charge is -2.31. The minimum atomic E-state index is -2.73. The molecular weight excluding hydrogens is 428 g/mol. The second-order valence-corrected chi connectivity index (χ2v) is 11.6. The molecule has 0 aliphatic heterocycles. The van der Waals surface area contributed by atoms with E-state index in [1.165, 1.54) is 21.5 Å². The predicted molar refractivity (Wildman–Crippen MR) is 147 cm³/mol. The molecule has 0 atom stereocenters. The molecule has 0 unspecified atom stereocenters. The lowest BCUT2D eigenvalue weighted by atomic mass is 10.0. The van der Waals surface area contributed by atoms with Gasteiger partial charge in [0, 0.05) is 0 Å². The summed E-state index contributed by atoms with van der Waals surface area (Å²) in [6.07, 6.45) is 6.07. The fourth-order valence-electron chi connectivity index (χ4n) is 4.40. The molecule has 0 radical (unpaired) electrons. The van der Waals surface area contributed by atoms with Crippen LogP contribution < -0.4 is 14.8 Å². The second-order valence-electron chi connectivity index (χ2n) is 8.52. The van der Waals surface area contributed by atoms with Gasteiger partial charge in [0.05, 0.1) is 0 Å². The summed E-state index contributed by atoms with van der Waals surface area (Å²) in [5, 5.41) is 2.49. The molecule has 2 heteroatoms. The highest BCUT2D eigenvalue weighted by Crippen LogP contribution is 2.22. The van der Waals surface area contributed by atoms with Crippen molar-refractivity contribution in [2.24, 2.45) is 0 Å². The maximum Gasteiger partial charge on any atom is 0.339 e. The molecule has 0 N–H and O–H groups in total. The number of aryl methyl sites for hydroxylation is 1. The lowest BCUT2D eigenvalue weighted by molar-refractivity contribution is 0.575. The van der Waals surface area contributed by atoms with Gasteiger partial charge in [-0.2, -0.15) is 0 Å². The first-order valence-electron chi connectivity index (χ1n) is 12.0. The highest BCUT2D eigenvalue weighted by Gasteiger charge is 2.40. The van der Waals surface area contributed by atoms with E-state index in [-0.39, 0.29) is 0 Å². The van der Waals surface area contributed by atoms with Gasteiger partial charge < -0.3 is 4.43 Å². The fraction of sp³-hybridized carbons (Fsp3) is 0.125. The third-order valence-electron chi connectivity index (χ3n) is 6.05. The van der Waals surface area contributed by atoms with E-state index in [0.717, 1.165) is 31.4 Å². The fourth-order valence-corrected chi connectivity index (χ4v) is 8.08. The Balaban J connectivity index is 1.77. The third kappa shape index (κ3) is 6.03. The summed E-state index contributed by atoms with van der Waals surface area (Å²) in [6, 6.07) is 42.4. The van der Waals surface area contributed by atoms with E-state index in [4.69, 9.17) is 4.43 Å². The molecular formula is C32H32OSi. The Bertz CT molecular complexity index is 1130. The molecule has 0 heterocycles. The van der Waals surface area contributed by atoms with Crippen molar-refractivity contribution in [1.82, 2.24) is 0 Å². The van der Waals surface area contributed by atoms with E-state index in [1.807, 2.05) is 24.3 Å². The quantitative estimate of drug-likeness (QED) is 0.175. The van der Waals surface area contributed by atoms with Crippen LogP contribution in [0.2, 0.25) is 0 Å². The van der Waals surface area contributed by atoms with Crippen LogP contribution in [0.25, 0.3) is 0 Å². The van der Waals surface area contributed by atoms with Crippen molar-refractivity contribution in [3.05, 3.63) is 151 Å². The largest absolute Gasteiger partial charge is 0.531 e. The number of benzene rings is 4. The summed E-state index contributed by atoms with van der Waals surface area (Å²) in [4.78, 5) is 0. The first-order chi connectivity index (χ1) is 16.8. The Hall–Kier alpha value is -3.62. The molecule has 0 aliphatic rings. The van der Waals surface area contributed by atoms with Gasteiger partial charge in [0.15, 0.2) is 0 Å². The van der Waals surface area contributed by atoms with Crippen LogP contribution in [0.3, 0.4) is 0 Å². The van der Waals surface area contributed by atoms with E-state index < -0.39 is 8.32 Å². The van der Waals surface area contributed by atoms with Gasteiger partial charge in [0.1, 0.15) is 5.75 Å². The van der Waals surface area contributed by atoms with Crippen molar-refractivity contribution in [2.45, 2.75) is 25.7 Å². The van der Waals surface area contributed by atoms with Crippen LogP contribution in [0.1, 0.15) is 24.8 Å². The van der Waals surface area contributed by atoms with Crippen molar-refractivity contribution in [2.75, 3.05) is 0 Å². The van der Waals surface area contributed by atoms with Gasteiger partial charge >= 0.3 is 8.32 Å². The molecule has 0 fully saturated rings. The standard InChI is InChI=1S/C32H32OSi/c1-2-16-29(20-15-19-28-17-7-3-8-18-28)27-34(31-23-11-5-12-24-31,32-25-13-6-14-26-32)33-30-21-9-4-10-22-30/h2-14,17-18,21-27H,1,15-16,19-20H2/b29-27+. The van der Waals surface area contributed by atoms with Gasteiger partial charge in [-0.3, -0.25) is 0 Å². The van der Waals surface area contributed by atoms with E-state index in [2.05, 4.69) is 115 Å². The van der Waals surface area contributed by atoms with Crippen molar-refractivity contribution >= 4 is 18.7 Å². The smallest absolute Gasteiger partial charge is 0.339 e. The molecule has 0 aromatic heterocycles. The van der Waals surface area contributed by atoms with Gasteiger partial charge in [-0.15, -0.1) is 6.58 Å². The Labute approximate surface area is 205 Å². The monoisotopic (exact) mass is 460 g/mol. The van der Waals surface area contributed by atoms with Crippen molar-refractivity contribution < 1.29 is 4.43 Å². The third-order valence-corrected chi connectivity index (χ3v) is 9.80. The number of hydrogen-bond acceptors (Lipinski definition) is 1. The molecule has 0 saturated carbocycles. The molecule has 0 spiro atoms. The maximum atomic E-state index is 7.04. The number of para-hydroxylation sites is 1. The van der Waals surface area contributed by atoms with Crippen LogP contribution in [0.5, 0.6) is 5.75 Å². The average molecular weight is 461 g/mol. The van der Waals surface area contributed by atoms with Crippen LogP contribution in [0.4, 0.5) is 0 Å². The van der Waals surface area contributed by atoms with Gasteiger partial charge in [-0.1, -0.05) is 121 Å². The van der Waals surface area contributed by atoms with Gasteiger partial charge in [-0.25, -0.2) is 0 Å². The topological polar surface area (TPSA) is 9.23 Å². The Morgan fingerprint density at radius 2 is 1.18 bits per heavy atom. The van der Waals surface area contributed by atoms with Crippen LogP contribution in [-0.4, -0.2) is 8.32 Å². The Morgan fingerprint density at radius 3 is 1.71 bits per heavy atom. The zero-order valence-corrected chi connectivity index (χ0v) is 20.6. The lowest BCUT2D eigenvalue weighted by Crippen LogP contribution is -2.62. The van der Waals surface area contributed by atoms with Crippen LogP contribution in [0, 0.1) is 0 Å². The van der Waals surface area contributed by atoms with Crippen molar-refractivity contribution in [1.29, 1.82) is 0 Å². The summed E-state index contributed by atoms with van der Waals surface area (Å²) in [5.74, 6) is 0.903. The molecule has 170 valence electrons. The van der Waals surface area contributed by atoms with Crippen molar-refractivity contribution in [3.63, 3.8) is 0 Å². The minimum absolute atomic E-state index is 0.862. The summed E-state index contributed by atoms with van der Waals surface area (Å²) in [7, 11) is -2.73. The normalized spacial score (nSPS) is 11.7. The average Bonchev–Trinajstić information content (AvgIpc) is 2.90. The van der Waals surface area contributed by atoms with E-state index >= 15 is 0 Å². The molecule has 0 bridgehead atoms. The first-order valence-corrected chi connectivity index (χ1v) is 14.0. The van der Waals surface area contributed by atoms with Crippen LogP contribution in [0.15, 0.2) is 145 Å². The van der Waals surface area contributed by atoms with Crippen LogP contribution >= 0.6 is 0 Å². The second kappa shape index (κ2) is 12.0. The molecule has 4 aromatic rings. The van der Waals surface area contributed by atoms with Gasteiger partial charge in [0.25, 0.3) is 0 Å². The number of allylic oxidation sites excluding steroid dienone is 2. The molecule has 34 heavy (non-hydrogen) atoms. The Morgan fingerprint density at radius 1 is 0.676 bits per heavy atom. The summed E-state index contributed by atoms with van der Waals surface area (Å²) in [5.41, 5.74) is 5.24. The molecule has 4 aromatic carbocycles. The summed E-state index contributed by atoms with van der Waals surface area (Å²) >= 11 is 0. The Kier molecular flexibility index (Phi) is 8.31. The first kappa shape index (κ1) is 23.5. The highest BCUT2D eigenvalue weighted by atomic mass is 28.4.